The molecule has 0 amide bonds. The number of nitriles is 2. The molecule has 0 spiro atoms. The van der Waals surface area contributed by atoms with Gasteiger partial charge >= 0.3 is 96.4 Å². The van der Waals surface area contributed by atoms with Crippen LogP contribution in [0.5, 0.6) is 0 Å². The van der Waals surface area contributed by atoms with E-state index in [0.29, 0.717) is 0 Å². The van der Waals surface area contributed by atoms with E-state index >= 15 is 0 Å². The van der Waals surface area contributed by atoms with Crippen LogP contribution >= 0.6 is 0 Å². The second-order valence-electron chi connectivity index (χ2n) is 13.9. The van der Waals surface area contributed by atoms with Gasteiger partial charge in [0.05, 0.1) is 52.4 Å². The van der Waals surface area contributed by atoms with Crippen LogP contribution in [-0.2, 0) is 10.6 Å². The zero-order valence-electron chi connectivity index (χ0n) is 34.1. The van der Waals surface area contributed by atoms with E-state index in [4.69, 9.17) is 10.5 Å². The van der Waals surface area contributed by atoms with Crippen LogP contribution in [0.2, 0.25) is 0 Å². The Balaban J connectivity index is -0.000000312. The van der Waals surface area contributed by atoms with Crippen LogP contribution in [0, 0.1) is 20.5 Å². The predicted molar refractivity (Wildman–Crippen MR) is 215 cm³/mol. The molecule has 1 aromatic carbocycles. The predicted octanol–water partition coefficient (Wildman–Crippen LogP) is 5.07. The molecule has 0 radical (unpaired) electrons. The Labute approximate surface area is 347 Å². The van der Waals surface area contributed by atoms with E-state index in [2.05, 4.69) is 89.6 Å². The quantitative estimate of drug-likeness (QED) is 0.0872. The molecule has 0 heterocycles. The summed E-state index contributed by atoms with van der Waals surface area (Å²) >= 11 is 0.135. The first kappa shape index (κ1) is 56.9. The smallest absolute Gasteiger partial charge is 1.00 e. The topological polar surface area (TPSA) is 47.6 Å². The third-order valence-electron chi connectivity index (χ3n) is 9.52. The molecule has 0 N–H and O–H groups in total. The second-order valence-corrected chi connectivity index (χ2v) is 17.1. The van der Waals surface area contributed by atoms with E-state index in [-0.39, 0.29) is 63.9 Å². The van der Waals surface area contributed by atoms with Gasteiger partial charge in [-0.2, -0.15) is 0 Å². The van der Waals surface area contributed by atoms with Crippen molar-refractivity contribution in [3.8, 4) is 9.94 Å². The number of rotatable bonds is 28. The van der Waals surface area contributed by atoms with Gasteiger partial charge in [-0.1, -0.05) is 107 Å². The summed E-state index contributed by atoms with van der Waals surface area (Å²) in [6.45, 7) is 30.0. The molecule has 294 valence electrons. The Bertz CT molecular complexity index is 754. The maximum absolute atomic E-state index is 8.44. The molecule has 1 aromatic rings. The molecule has 0 aliphatic rings. The van der Waals surface area contributed by atoms with Crippen LogP contribution in [0.4, 0.5) is 0 Å². The number of unbranched alkanes of at least 4 members (excludes halogenated alkanes) is 8. The van der Waals surface area contributed by atoms with Crippen molar-refractivity contribution >= 4 is 29.9 Å². The standard InChI is InChI=1S/2C16H36N.C10H8N2Se2.2BrH/c2*1-5-9-13-17(14-10-6-2,15-11-7-3)16-12-8-4;11-7-13-5-9-1-2-10(4-3-9)6-14-8-12;;/h2*5-16H2,1-4H3;1-4H,5-6H2;2*1H/q2*+1;;;/p-2. The summed E-state index contributed by atoms with van der Waals surface area (Å²) in [7, 11) is 0. The monoisotopic (exact) mass is 958 g/mol. The molecule has 0 unspecified atom stereocenters. The van der Waals surface area contributed by atoms with Gasteiger partial charge in [0.15, 0.2) is 0 Å². The number of nitrogens with zero attached hydrogens (tertiary/aromatic N) is 4. The number of halogens is 2. The summed E-state index contributed by atoms with van der Waals surface area (Å²) in [4.78, 5) is 4.38. The molecular weight excluding hydrogens is 878 g/mol. The fraction of sp³-hybridized carbons (Fsp3) is 0.810. The van der Waals surface area contributed by atoms with Crippen molar-refractivity contribution in [2.24, 2.45) is 0 Å². The van der Waals surface area contributed by atoms with Crippen molar-refractivity contribution in [3.05, 3.63) is 35.4 Å². The van der Waals surface area contributed by atoms with Gasteiger partial charge in [0.1, 0.15) is 0 Å². The second kappa shape index (κ2) is 41.9. The number of benzene rings is 1. The van der Waals surface area contributed by atoms with Crippen molar-refractivity contribution < 1.29 is 42.9 Å². The van der Waals surface area contributed by atoms with Gasteiger partial charge in [0.2, 0.25) is 0 Å². The summed E-state index contributed by atoms with van der Waals surface area (Å²) in [6.07, 6.45) is 22.1. The van der Waals surface area contributed by atoms with Gasteiger partial charge in [0.25, 0.3) is 0 Å². The van der Waals surface area contributed by atoms with Gasteiger partial charge in [-0.3, -0.25) is 0 Å². The fourth-order valence-corrected chi connectivity index (χ4v) is 8.03. The Morgan fingerprint density at radius 1 is 0.400 bits per heavy atom. The van der Waals surface area contributed by atoms with Crippen LogP contribution in [-0.4, -0.2) is 91.2 Å². The molecule has 8 heteroatoms. The van der Waals surface area contributed by atoms with Crippen LogP contribution in [0.3, 0.4) is 0 Å². The van der Waals surface area contributed by atoms with Crippen LogP contribution < -0.4 is 34.0 Å². The molecule has 4 nitrogen and oxygen atoms in total. The van der Waals surface area contributed by atoms with E-state index in [0.717, 1.165) is 10.6 Å². The van der Waals surface area contributed by atoms with Gasteiger partial charge in [0, 0.05) is 0 Å². The molecule has 0 aliphatic heterocycles. The first-order valence-corrected chi connectivity index (χ1v) is 24.3. The van der Waals surface area contributed by atoms with Crippen LogP contribution in [0.1, 0.15) is 169 Å². The molecule has 50 heavy (non-hydrogen) atoms. The Kier molecular flexibility index (Phi) is 47.6. The van der Waals surface area contributed by atoms with E-state index in [9.17, 15) is 0 Å². The molecular formula is C42H80Br2N4Se2. The van der Waals surface area contributed by atoms with Crippen LogP contribution in [0.25, 0.3) is 0 Å². The van der Waals surface area contributed by atoms with E-state index in [1.807, 2.05) is 0 Å². The maximum atomic E-state index is 8.44. The molecule has 0 fully saturated rings. The van der Waals surface area contributed by atoms with Crippen molar-refractivity contribution in [2.45, 2.75) is 169 Å². The minimum absolute atomic E-state index is 0. The van der Waals surface area contributed by atoms with Crippen LogP contribution in [0.15, 0.2) is 24.3 Å². The van der Waals surface area contributed by atoms with E-state index < -0.39 is 0 Å². The maximum Gasteiger partial charge on any atom is -1.00 e. The first-order valence-electron chi connectivity index (χ1n) is 20.1. The van der Waals surface area contributed by atoms with Gasteiger partial charge < -0.3 is 42.9 Å². The third-order valence-corrected chi connectivity index (χ3v) is 12.1. The van der Waals surface area contributed by atoms with Crippen molar-refractivity contribution in [1.29, 1.82) is 10.5 Å². The summed E-state index contributed by atoms with van der Waals surface area (Å²) in [5.74, 6) is 0. The zero-order chi connectivity index (χ0) is 36.2. The summed E-state index contributed by atoms with van der Waals surface area (Å²) < 4.78 is 2.84. The average molecular weight is 959 g/mol. The molecule has 1 rings (SSSR count). The van der Waals surface area contributed by atoms with Gasteiger partial charge in [-0.05, 0) is 51.4 Å². The minimum Gasteiger partial charge on any atom is -1.00 e. The van der Waals surface area contributed by atoms with Crippen molar-refractivity contribution in [3.63, 3.8) is 0 Å². The summed E-state index contributed by atoms with van der Waals surface area (Å²) in [5, 5.41) is 18.6. The van der Waals surface area contributed by atoms with Gasteiger partial charge in [-0.25, -0.2) is 0 Å². The SMILES string of the molecule is CCCC[N+](CCCC)(CCCC)CCCC.CCCC[N+](CCCC)(CCCC)CCCC.N#C[Se]Cc1ccc(C[Se]C#N)cc1.[Br-].[Br-]. The third kappa shape index (κ3) is 31.6. The first-order chi connectivity index (χ1) is 23.3. The average Bonchev–Trinajstić information content (AvgIpc) is 3.13. The fourth-order valence-electron chi connectivity index (χ4n) is 6.25. The molecule has 0 saturated heterocycles. The van der Waals surface area contributed by atoms with E-state index in [1.165, 1.54) is 175 Å². The summed E-state index contributed by atoms with van der Waals surface area (Å²) in [5.41, 5.74) is 2.44. The number of quaternary nitrogens is 2. The molecule has 0 saturated carbocycles. The molecule has 0 aromatic heterocycles. The minimum atomic E-state index is 0. The van der Waals surface area contributed by atoms with Gasteiger partial charge in [-0.15, -0.1) is 0 Å². The number of hydrogen-bond acceptors (Lipinski definition) is 2. The summed E-state index contributed by atoms with van der Waals surface area (Å²) in [6, 6.07) is 8.23. The normalized spacial score (nSPS) is 10.7. The van der Waals surface area contributed by atoms with Crippen molar-refractivity contribution in [2.75, 3.05) is 52.4 Å². The molecule has 0 bridgehead atoms. The Hall–Kier alpha value is 0.119. The molecule has 0 aliphatic carbocycles. The Morgan fingerprint density at radius 3 is 0.720 bits per heavy atom. The number of hydrogen-bond donors (Lipinski definition) is 0. The Morgan fingerprint density at radius 2 is 0.580 bits per heavy atom. The van der Waals surface area contributed by atoms with Crippen molar-refractivity contribution in [1.82, 2.24) is 0 Å². The molecule has 0 atom stereocenters. The van der Waals surface area contributed by atoms with E-state index in [1.54, 1.807) is 0 Å². The zero-order valence-corrected chi connectivity index (χ0v) is 40.7. The largest absolute Gasteiger partial charge is 1.00 e.